The Labute approximate surface area is 114 Å². The van der Waals surface area contributed by atoms with Crippen LogP contribution in [0.25, 0.3) is 0 Å². The third kappa shape index (κ3) is 3.19. The van der Waals surface area contributed by atoms with Crippen molar-refractivity contribution in [2.75, 3.05) is 31.7 Å². The largest absolute Gasteiger partial charge is 0.396 e. The molecule has 0 spiro atoms. The van der Waals surface area contributed by atoms with Gasteiger partial charge in [-0.25, -0.2) is 12.7 Å². The smallest absolute Gasteiger partial charge is 0.244 e. The molecule has 0 unspecified atom stereocenters. The Kier molecular flexibility index (Phi) is 4.01. The van der Waals surface area contributed by atoms with Crippen LogP contribution in [0.2, 0.25) is 0 Å². The van der Waals surface area contributed by atoms with E-state index in [9.17, 15) is 8.42 Å². The van der Waals surface area contributed by atoms with E-state index in [1.165, 1.54) is 37.3 Å². The maximum Gasteiger partial charge on any atom is 0.244 e. The second-order valence-corrected chi connectivity index (χ2v) is 7.28. The van der Waals surface area contributed by atoms with Crippen LogP contribution in [0, 0.1) is 5.92 Å². The highest BCUT2D eigenvalue weighted by Crippen LogP contribution is 2.33. The fraction of sp³-hybridized carbons (Fsp3) is 0.538. The second kappa shape index (κ2) is 5.38. The summed E-state index contributed by atoms with van der Waals surface area (Å²) in [4.78, 5) is 0.161. The van der Waals surface area contributed by atoms with Gasteiger partial charge >= 0.3 is 0 Å². The minimum Gasteiger partial charge on any atom is -0.396 e. The molecule has 0 aromatic heterocycles. The SMILES string of the molecule is CN(C)S(=O)(=O)c1cccc(NCCC2CC2)c1N. The summed E-state index contributed by atoms with van der Waals surface area (Å²) >= 11 is 0. The predicted octanol–water partition coefficient (Wildman–Crippen LogP) is 1.73. The Morgan fingerprint density at radius 1 is 1.37 bits per heavy atom. The van der Waals surface area contributed by atoms with Crippen molar-refractivity contribution in [1.29, 1.82) is 0 Å². The molecule has 106 valence electrons. The molecular weight excluding hydrogens is 262 g/mol. The standard InChI is InChI=1S/C13H21N3O2S/c1-16(2)19(17,18)12-5-3-4-11(13(12)14)15-9-8-10-6-7-10/h3-5,10,15H,6-9,14H2,1-2H3. The van der Waals surface area contributed by atoms with Gasteiger partial charge in [-0.1, -0.05) is 18.9 Å². The number of benzene rings is 1. The van der Waals surface area contributed by atoms with Gasteiger partial charge < -0.3 is 11.1 Å². The summed E-state index contributed by atoms with van der Waals surface area (Å²) < 4.78 is 25.4. The summed E-state index contributed by atoms with van der Waals surface area (Å²) in [6.07, 6.45) is 3.74. The van der Waals surface area contributed by atoms with Crippen molar-refractivity contribution >= 4 is 21.4 Å². The van der Waals surface area contributed by atoms with Crippen LogP contribution >= 0.6 is 0 Å². The van der Waals surface area contributed by atoms with Crippen LogP contribution in [0.4, 0.5) is 11.4 Å². The average molecular weight is 283 g/mol. The lowest BCUT2D eigenvalue weighted by Gasteiger charge is -2.16. The Bertz CT molecular complexity index is 551. The van der Waals surface area contributed by atoms with E-state index >= 15 is 0 Å². The first kappa shape index (κ1) is 14.1. The van der Waals surface area contributed by atoms with Gasteiger partial charge in [-0.2, -0.15) is 0 Å². The van der Waals surface area contributed by atoms with Crippen LogP contribution in [-0.2, 0) is 10.0 Å². The predicted molar refractivity (Wildman–Crippen MR) is 77.6 cm³/mol. The zero-order valence-corrected chi connectivity index (χ0v) is 12.2. The third-order valence-corrected chi connectivity index (χ3v) is 5.26. The molecule has 5 nitrogen and oxygen atoms in total. The van der Waals surface area contributed by atoms with Gasteiger partial charge in [0.2, 0.25) is 10.0 Å². The van der Waals surface area contributed by atoms with E-state index in [1.807, 2.05) is 6.07 Å². The molecule has 1 saturated carbocycles. The van der Waals surface area contributed by atoms with Crippen molar-refractivity contribution in [2.24, 2.45) is 5.92 Å². The molecule has 1 aliphatic carbocycles. The number of sulfonamides is 1. The quantitative estimate of drug-likeness (QED) is 0.780. The maximum atomic E-state index is 12.1. The van der Waals surface area contributed by atoms with Crippen LogP contribution in [0.1, 0.15) is 19.3 Å². The average Bonchev–Trinajstić information content (AvgIpc) is 3.15. The van der Waals surface area contributed by atoms with Gasteiger partial charge in [0.15, 0.2) is 0 Å². The minimum absolute atomic E-state index is 0.161. The summed E-state index contributed by atoms with van der Waals surface area (Å²) in [6.45, 7) is 0.834. The molecule has 6 heteroatoms. The number of para-hydroxylation sites is 1. The van der Waals surface area contributed by atoms with Crippen LogP contribution in [0.5, 0.6) is 0 Å². The number of anilines is 2. The van der Waals surface area contributed by atoms with Crippen molar-refractivity contribution in [3.8, 4) is 0 Å². The Balaban J connectivity index is 2.17. The molecule has 1 aromatic rings. The number of hydrogen-bond acceptors (Lipinski definition) is 4. The summed E-state index contributed by atoms with van der Waals surface area (Å²) in [7, 11) is -0.487. The Morgan fingerprint density at radius 2 is 2.05 bits per heavy atom. The van der Waals surface area contributed by atoms with Crippen molar-refractivity contribution < 1.29 is 8.42 Å². The molecule has 0 aliphatic heterocycles. The van der Waals surface area contributed by atoms with Crippen molar-refractivity contribution in [3.05, 3.63) is 18.2 Å². The number of hydrogen-bond donors (Lipinski definition) is 2. The third-order valence-electron chi connectivity index (χ3n) is 3.39. The topological polar surface area (TPSA) is 75.4 Å². The molecule has 2 rings (SSSR count). The van der Waals surface area contributed by atoms with Gasteiger partial charge in [-0.05, 0) is 24.5 Å². The van der Waals surface area contributed by atoms with Crippen LogP contribution in [0.3, 0.4) is 0 Å². The first-order valence-electron chi connectivity index (χ1n) is 6.48. The molecule has 0 atom stereocenters. The maximum absolute atomic E-state index is 12.1. The molecule has 1 aliphatic rings. The van der Waals surface area contributed by atoms with Gasteiger partial charge in [0.25, 0.3) is 0 Å². The molecule has 1 aromatic carbocycles. The van der Waals surface area contributed by atoms with E-state index in [4.69, 9.17) is 5.73 Å². The van der Waals surface area contributed by atoms with Crippen LogP contribution in [0.15, 0.2) is 23.1 Å². The van der Waals surface area contributed by atoms with Crippen molar-refractivity contribution in [3.63, 3.8) is 0 Å². The first-order valence-corrected chi connectivity index (χ1v) is 7.92. The van der Waals surface area contributed by atoms with Gasteiger partial charge in [-0.15, -0.1) is 0 Å². The van der Waals surface area contributed by atoms with Crippen molar-refractivity contribution in [2.45, 2.75) is 24.2 Å². The molecule has 1 fully saturated rings. The summed E-state index contributed by atoms with van der Waals surface area (Å²) in [5.74, 6) is 0.836. The van der Waals surface area contributed by atoms with E-state index in [0.29, 0.717) is 11.4 Å². The summed E-state index contributed by atoms with van der Waals surface area (Å²) in [5, 5.41) is 3.23. The first-order chi connectivity index (χ1) is 8.93. The van der Waals surface area contributed by atoms with Crippen LogP contribution < -0.4 is 11.1 Å². The lowest BCUT2D eigenvalue weighted by Crippen LogP contribution is -2.23. The van der Waals surface area contributed by atoms with Crippen LogP contribution in [-0.4, -0.2) is 33.4 Å². The lowest BCUT2D eigenvalue weighted by molar-refractivity contribution is 0.521. The number of nitrogens with zero attached hydrogens (tertiary/aromatic N) is 1. The fourth-order valence-electron chi connectivity index (χ4n) is 1.94. The highest BCUT2D eigenvalue weighted by molar-refractivity contribution is 7.89. The number of nitrogen functional groups attached to an aromatic ring is 1. The number of nitrogens with two attached hydrogens (primary N) is 1. The van der Waals surface area contributed by atoms with Gasteiger partial charge in [0.1, 0.15) is 4.90 Å². The van der Waals surface area contributed by atoms with E-state index in [1.54, 1.807) is 6.07 Å². The fourth-order valence-corrected chi connectivity index (χ4v) is 2.97. The summed E-state index contributed by atoms with van der Waals surface area (Å²) in [6, 6.07) is 5.07. The molecule has 0 amide bonds. The molecule has 0 heterocycles. The monoisotopic (exact) mass is 283 g/mol. The molecule has 3 N–H and O–H groups in total. The number of rotatable bonds is 6. The van der Waals surface area contributed by atoms with Gasteiger partial charge in [0.05, 0.1) is 11.4 Å². The molecular formula is C13H21N3O2S. The normalized spacial score (nSPS) is 15.7. The lowest BCUT2D eigenvalue weighted by atomic mass is 10.2. The molecule has 0 bridgehead atoms. The van der Waals surface area contributed by atoms with E-state index in [2.05, 4.69) is 5.32 Å². The highest BCUT2D eigenvalue weighted by Gasteiger charge is 2.22. The van der Waals surface area contributed by atoms with E-state index in [-0.39, 0.29) is 4.90 Å². The number of nitrogens with one attached hydrogen (secondary N) is 1. The van der Waals surface area contributed by atoms with Crippen molar-refractivity contribution in [1.82, 2.24) is 4.31 Å². The zero-order valence-electron chi connectivity index (χ0n) is 11.4. The van der Waals surface area contributed by atoms with E-state index in [0.717, 1.165) is 18.9 Å². The molecule has 0 saturated heterocycles. The minimum atomic E-state index is -3.49. The Morgan fingerprint density at radius 3 is 2.63 bits per heavy atom. The Hall–Kier alpha value is -1.27. The zero-order chi connectivity index (χ0) is 14.0. The van der Waals surface area contributed by atoms with Gasteiger partial charge in [0, 0.05) is 20.6 Å². The van der Waals surface area contributed by atoms with E-state index < -0.39 is 10.0 Å². The second-order valence-electron chi connectivity index (χ2n) is 5.16. The molecule has 0 radical (unpaired) electrons. The highest BCUT2D eigenvalue weighted by atomic mass is 32.2. The summed E-state index contributed by atoms with van der Waals surface area (Å²) in [5.41, 5.74) is 6.97. The molecule has 19 heavy (non-hydrogen) atoms. The van der Waals surface area contributed by atoms with Gasteiger partial charge in [-0.3, -0.25) is 0 Å².